The maximum Gasteiger partial charge on any atom is 0.194 e. The molecule has 0 bridgehead atoms. The molecule has 2 aromatic carbocycles. The van der Waals surface area contributed by atoms with Gasteiger partial charge in [0.2, 0.25) is 0 Å². The number of ketones is 1. The Morgan fingerprint density at radius 3 is 2.50 bits per heavy atom. The van der Waals surface area contributed by atoms with Gasteiger partial charge in [0.05, 0.1) is 16.7 Å². The number of halogens is 3. The zero-order valence-corrected chi connectivity index (χ0v) is 12.9. The van der Waals surface area contributed by atoms with Crippen LogP contribution in [0.15, 0.2) is 36.4 Å². The summed E-state index contributed by atoms with van der Waals surface area (Å²) in [7, 11) is 0. The molecular formula is C15H11Cl3O2. The average Bonchev–Trinajstić information content (AvgIpc) is 2.42. The Bertz CT molecular complexity index is 654. The number of hydrogen-bond acceptors (Lipinski definition) is 2. The molecule has 2 rings (SSSR count). The van der Waals surface area contributed by atoms with Gasteiger partial charge in [-0.15, -0.1) is 0 Å². The lowest BCUT2D eigenvalue weighted by Gasteiger charge is -2.10. The first kappa shape index (κ1) is 15.2. The van der Waals surface area contributed by atoms with Crippen LogP contribution in [0.25, 0.3) is 0 Å². The summed E-state index contributed by atoms with van der Waals surface area (Å²) in [5, 5.41) is 1.13. The summed E-state index contributed by atoms with van der Waals surface area (Å²) in [4.78, 5) is 12.4. The van der Waals surface area contributed by atoms with Gasteiger partial charge in [0.25, 0.3) is 0 Å². The van der Waals surface area contributed by atoms with Gasteiger partial charge in [-0.2, -0.15) is 0 Å². The van der Waals surface area contributed by atoms with E-state index in [4.69, 9.17) is 39.5 Å². The maximum absolute atomic E-state index is 12.4. The van der Waals surface area contributed by atoms with Crippen molar-refractivity contribution in [3.8, 4) is 5.75 Å². The second-order valence-electron chi connectivity index (χ2n) is 4.03. The van der Waals surface area contributed by atoms with Gasteiger partial charge in [0.15, 0.2) is 5.78 Å². The standard InChI is InChI=1S/C15H11Cl3O2/c1-2-20-14-8-12(17)11(7-13(14)18)15(19)9-4-3-5-10(16)6-9/h3-8H,2H2,1H3. The molecule has 5 heteroatoms. The quantitative estimate of drug-likeness (QED) is 0.714. The highest BCUT2D eigenvalue weighted by Gasteiger charge is 2.16. The fourth-order valence-electron chi connectivity index (χ4n) is 1.75. The minimum absolute atomic E-state index is 0.234. The topological polar surface area (TPSA) is 26.3 Å². The predicted octanol–water partition coefficient (Wildman–Crippen LogP) is 5.28. The Balaban J connectivity index is 2.43. The zero-order valence-electron chi connectivity index (χ0n) is 10.6. The Hall–Kier alpha value is -1.22. The monoisotopic (exact) mass is 328 g/mol. The Labute approximate surface area is 132 Å². The lowest BCUT2D eigenvalue weighted by atomic mass is 10.0. The van der Waals surface area contributed by atoms with E-state index in [0.29, 0.717) is 38.6 Å². The van der Waals surface area contributed by atoms with Crippen molar-refractivity contribution in [2.24, 2.45) is 0 Å². The van der Waals surface area contributed by atoms with E-state index in [2.05, 4.69) is 0 Å². The minimum Gasteiger partial charge on any atom is -0.492 e. The molecule has 0 saturated carbocycles. The zero-order chi connectivity index (χ0) is 14.7. The van der Waals surface area contributed by atoms with Crippen molar-refractivity contribution in [1.29, 1.82) is 0 Å². The number of ether oxygens (including phenoxy) is 1. The highest BCUT2D eigenvalue weighted by Crippen LogP contribution is 2.32. The summed E-state index contributed by atoms with van der Waals surface area (Å²) in [6, 6.07) is 9.73. The van der Waals surface area contributed by atoms with Crippen molar-refractivity contribution in [1.82, 2.24) is 0 Å². The van der Waals surface area contributed by atoms with Crippen LogP contribution in [0, 0.1) is 0 Å². The summed E-state index contributed by atoms with van der Waals surface area (Å²) in [5.41, 5.74) is 0.780. The summed E-state index contributed by atoms with van der Waals surface area (Å²) in [5.74, 6) is 0.226. The SMILES string of the molecule is CCOc1cc(Cl)c(C(=O)c2cccc(Cl)c2)cc1Cl. The predicted molar refractivity (Wildman–Crippen MR) is 82.5 cm³/mol. The van der Waals surface area contributed by atoms with Crippen molar-refractivity contribution in [2.45, 2.75) is 6.92 Å². The Morgan fingerprint density at radius 2 is 1.85 bits per heavy atom. The molecule has 0 atom stereocenters. The van der Waals surface area contributed by atoms with Crippen molar-refractivity contribution in [3.63, 3.8) is 0 Å². The number of benzene rings is 2. The third kappa shape index (κ3) is 3.26. The summed E-state index contributed by atoms with van der Waals surface area (Å²) in [6.07, 6.45) is 0. The molecule has 0 spiro atoms. The highest BCUT2D eigenvalue weighted by atomic mass is 35.5. The van der Waals surface area contributed by atoms with Gasteiger partial charge in [-0.25, -0.2) is 0 Å². The number of carbonyl (C=O) groups is 1. The first-order chi connectivity index (χ1) is 9.52. The molecule has 104 valence electrons. The largest absolute Gasteiger partial charge is 0.492 e. The molecule has 0 radical (unpaired) electrons. The van der Waals surface area contributed by atoms with E-state index in [9.17, 15) is 4.79 Å². The molecule has 0 aliphatic rings. The van der Waals surface area contributed by atoms with E-state index in [-0.39, 0.29) is 5.78 Å². The molecule has 0 saturated heterocycles. The van der Waals surface area contributed by atoms with Crippen molar-refractivity contribution < 1.29 is 9.53 Å². The second-order valence-corrected chi connectivity index (χ2v) is 5.29. The van der Waals surface area contributed by atoms with Crippen molar-refractivity contribution >= 4 is 40.6 Å². The molecule has 0 amide bonds. The Morgan fingerprint density at radius 1 is 1.10 bits per heavy atom. The van der Waals surface area contributed by atoms with E-state index in [1.807, 2.05) is 6.92 Å². The molecule has 0 N–H and O–H groups in total. The summed E-state index contributed by atoms with van der Waals surface area (Å²) in [6.45, 7) is 2.31. The second kappa shape index (κ2) is 6.49. The maximum atomic E-state index is 12.4. The van der Waals surface area contributed by atoms with Crippen molar-refractivity contribution in [2.75, 3.05) is 6.61 Å². The van der Waals surface area contributed by atoms with Gasteiger partial charge >= 0.3 is 0 Å². The third-order valence-corrected chi connectivity index (χ3v) is 3.50. The van der Waals surface area contributed by atoms with Crippen LogP contribution in [-0.2, 0) is 0 Å². The fourth-order valence-corrected chi connectivity index (χ4v) is 2.40. The van der Waals surface area contributed by atoms with Crippen LogP contribution in [0.1, 0.15) is 22.8 Å². The van der Waals surface area contributed by atoms with Gasteiger partial charge in [-0.3, -0.25) is 4.79 Å². The molecule has 20 heavy (non-hydrogen) atoms. The van der Waals surface area contributed by atoms with Crippen LogP contribution in [0.5, 0.6) is 5.75 Å². The summed E-state index contributed by atoms with van der Waals surface area (Å²) >= 11 is 18.1. The Kier molecular flexibility index (Phi) is 4.92. The molecule has 2 nitrogen and oxygen atoms in total. The molecule has 0 aliphatic heterocycles. The molecular weight excluding hydrogens is 319 g/mol. The lowest BCUT2D eigenvalue weighted by Crippen LogP contribution is -2.03. The molecule has 0 fully saturated rings. The highest BCUT2D eigenvalue weighted by molar-refractivity contribution is 6.38. The third-order valence-electron chi connectivity index (χ3n) is 2.65. The van der Waals surface area contributed by atoms with Gasteiger partial charge in [0, 0.05) is 22.2 Å². The van der Waals surface area contributed by atoms with Gasteiger partial charge in [-0.05, 0) is 25.1 Å². The van der Waals surface area contributed by atoms with Gasteiger partial charge in [0.1, 0.15) is 5.75 Å². The minimum atomic E-state index is -0.234. The smallest absolute Gasteiger partial charge is 0.194 e. The number of carbonyl (C=O) groups excluding carboxylic acids is 1. The van der Waals surface area contributed by atoms with E-state index in [1.54, 1.807) is 30.3 Å². The molecule has 0 heterocycles. The molecule has 0 aliphatic carbocycles. The number of rotatable bonds is 4. The van der Waals surface area contributed by atoms with Crippen LogP contribution >= 0.6 is 34.8 Å². The first-order valence-corrected chi connectivity index (χ1v) is 7.08. The summed E-state index contributed by atoms with van der Waals surface area (Å²) < 4.78 is 5.33. The van der Waals surface area contributed by atoms with E-state index in [0.717, 1.165) is 0 Å². The average molecular weight is 330 g/mol. The van der Waals surface area contributed by atoms with E-state index in [1.165, 1.54) is 6.07 Å². The number of hydrogen-bond donors (Lipinski definition) is 0. The lowest BCUT2D eigenvalue weighted by molar-refractivity contribution is 0.103. The van der Waals surface area contributed by atoms with Gasteiger partial charge in [-0.1, -0.05) is 46.9 Å². The van der Waals surface area contributed by atoms with E-state index >= 15 is 0 Å². The van der Waals surface area contributed by atoms with Crippen molar-refractivity contribution in [3.05, 3.63) is 62.6 Å². The van der Waals surface area contributed by atoms with Crippen LogP contribution in [0.4, 0.5) is 0 Å². The van der Waals surface area contributed by atoms with Crippen LogP contribution in [0.3, 0.4) is 0 Å². The normalized spacial score (nSPS) is 10.4. The first-order valence-electron chi connectivity index (χ1n) is 5.95. The molecule has 2 aromatic rings. The van der Waals surface area contributed by atoms with Crippen LogP contribution in [-0.4, -0.2) is 12.4 Å². The van der Waals surface area contributed by atoms with Gasteiger partial charge < -0.3 is 4.74 Å². The fraction of sp³-hybridized carbons (Fsp3) is 0.133. The molecule has 0 aromatic heterocycles. The van der Waals surface area contributed by atoms with Crippen LogP contribution < -0.4 is 4.74 Å². The molecule has 0 unspecified atom stereocenters. The van der Waals surface area contributed by atoms with Crippen LogP contribution in [0.2, 0.25) is 15.1 Å². The van der Waals surface area contributed by atoms with E-state index < -0.39 is 0 Å².